The van der Waals surface area contributed by atoms with Gasteiger partial charge in [-0.2, -0.15) is 0 Å². The zero-order chi connectivity index (χ0) is 14.8. The molecule has 21 heavy (non-hydrogen) atoms. The van der Waals surface area contributed by atoms with Gasteiger partial charge in [0.2, 0.25) is 0 Å². The van der Waals surface area contributed by atoms with Crippen LogP contribution < -0.4 is 4.74 Å². The fourth-order valence-corrected chi connectivity index (χ4v) is 2.12. The summed E-state index contributed by atoms with van der Waals surface area (Å²) in [6.45, 7) is -0.0616. The largest absolute Gasteiger partial charge is 0.508 e. The highest BCUT2D eigenvalue weighted by molar-refractivity contribution is 5.85. The Morgan fingerprint density at radius 3 is 2.57 bits per heavy atom. The van der Waals surface area contributed by atoms with Crippen molar-refractivity contribution in [3.63, 3.8) is 0 Å². The highest BCUT2D eigenvalue weighted by atomic mass is 19.2. The summed E-state index contributed by atoms with van der Waals surface area (Å²) >= 11 is 0. The molecule has 0 aliphatic heterocycles. The predicted octanol–water partition coefficient (Wildman–Crippen LogP) is 4.40. The van der Waals surface area contributed by atoms with Crippen molar-refractivity contribution in [2.75, 3.05) is 0 Å². The molecule has 0 fully saturated rings. The molecule has 0 aliphatic rings. The molecule has 0 spiro atoms. The molecule has 3 aromatic carbocycles. The highest BCUT2D eigenvalue weighted by Crippen LogP contribution is 2.25. The highest BCUT2D eigenvalue weighted by Gasteiger charge is 2.08. The van der Waals surface area contributed by atoms with Crippen molar-refractivity contribution < 1.29 is 18.6 Å². The molecule has 0 amide bonds. The smallest absolute Gasteiger partial charge is 0.165 e. The van der Waals surface area contributed by atoms with Gasteiger partial charge < -0.3 is 9.84 Å². The maximum absolute atomic E-state index is 13.5. The third-order valence-corrected chi connectivity index (χ3v) is 3.22. The van der Waals surface area contributed by atoms with E-state index in [0.717, 1.165) is 16.8 Å². The van der Waals surface area contributed by atoms with E-state index in [1.807, 2.05) is 6.07 Å². The first-order valence-corrected chi connectivity index (χ1v) is 6.42. The average Bonchev–Trinajstić information content (AvgIpc) is 2.48. The molecule has 0 aromatic heterocycles. The normalized spacial score (nSPS) is 10.8. The molecule has 1 N–H and O–H groups in total. The van der Waals surface area contributed by atoms with Gasteiger partial charge in [-0.25, -0.2) is 8.78 Å². The Bertz CT molecular complexity index is 800. The molecule has 3 aromatic rings. The summed E-state index contributed by atoms with van der Waals surface area (Å²) in [5.41, 5.74) is 0.158. The first-order valence-electron chi connectivity index (χ1n) is 6.42. The molecule has 0 aliphatic carbocycles. The third-order valence-electron chi connectivity index (χ3n) is 3.22. The molecule has 2 nitrogen and oxygen atoms in total. The second-order valence-corrected chi connectivity index (χ2v) is 4.69. The Kier molecular flexibility index (Phi) is 3.44. The van der Waals surface area contributed by atoms with Crippen molar-refractivity contribution in [1.29, 1.82) is 0 Å². The molecule has 0 heterocycles. The van der Waals surface area contributed by atoms with Gasteiger partial charge >= 0.3 is 0 Å². The van der Waals surface area contributed by atoms with Crippen LogP contribution in [0.15, 0.2) is 54.6 Å². The van der Waals surface area contributed by atoms with Crippen LogP contribution >= 0.6 is 0 Å². The van der Waals surface area contributed by atoms with Gasteiger partial charge in [0.15, 0.2) is 11.6 Å². The van der Waals surface area contributed by atoms with Crippen LogP contribution in [0.3, 0.4) is 0 Å². The second kappa shape index (κ2) is 5.40. The number of aromatic hydroxyl groups is 1. The van der Waals surface area contributed by atoms with E-state index in [1.165, 1.54) is 12.1 Å². The van der Waals surface area contributed by atoms with Crippen molar-refractivity contribution in [1.82, 2.24) is 0 Å². The fourth-order valence-electron chi connectivity index (χ4n) is 2.12. The van der Waals surface area contributed by atoms with Crippen molar-refractivity contribution in [2.24, 2.45) is 0 Å². The molecule has 4 heteroatoms. The lowest BCUT2D eigenvalue weighted by atomic mass is 10.1. The minimum absolute atomic E-state index is 0.0616. The number of halogens is 2. The van der Waals surface area contributed by atoms with E-state index in [4.69, 9.17) is 4.74 Å². The predicted molar refractivity (Wildman–Crippen MR) is 76.3 cm³/mol. The SMILES string of the molecule is Oc1ccc2ccc(OCc3cccc(F)c3F)cc2c1. The Hall–Kier alpha value is -2.62. The van der Waals surface area contributed by atoms with Gasteiger partial charge in [-0.15, -0.1) is 0 Å². The van der Waals surface area contributed by atoms with E-state index in [0.29, 0.717) is 5.75 Å². The molecule has 0 saturated carbocycles. The van der Waals surface area contributed by atoms with E-state index in [9.17, 15) is 13.9 Å². The quantitative estimate of drug-likeness (QED) is 0.773. The molecule has 0 radical (unpaired) electrons. The number of rotatable bonds is 3. The number of fused-ring (bicyclic) bond motifs is 1. The van der Waals surface area contributed by atoms with E-state index < -0.39 is 11.6 Å². The van der Waals surface area contributed by atoms with Crippen molar-refractivity contribution in [3.8, 4) is 11.5 Å². The lowest BCUT2D eigenvalue weighted by molar-refractivity contribution is 0.297. The van der Waals surface area contributed by atoms with Crippen LogP contribution in [-0.2, 0) is 6.61 Å². The standard InChI is InChI=1S/C17H12F2O2/c18-16-3-1-2-12(17(16)19)10-21-15-7-5-11-4-6-14(20)8-13(11)9-15/h1-9,20H,10H2. The van der Waals surface area contributed by atoms with Crippen molar-refractivity contribution in [2.45, 2.75) is 6.61 Å². The molecule has 0 saturated heterocycles. The molecular weight excluding hydrogens is 274 g/mol. The van der Waals surface area contributed by atoms with Gasteiger partial charge in [0.1, 0.15) is 18.1 Å². The zero-order valence-electron chi connectivity index (χ0n) is 11.0. The van der Waals surface area contributed by atoms with Crippen molar-refractivity contribution >= 4 is 10.8 Å². The van der Waals surface area contributed by atoms with Gasteiger partial charge in [-0.1, -0.05) is 24.3 Å². The first kappa shape index (κ1) is 13.4. The number of hydrogen-bond acceptors (Lipinski definition) is 2. The Balaban J connectivity index is 1.83. The monoisotopic (exact) mass is 286 g/mol. The van der Waals surface area contributed by atoms with Crippen LogP contribution in [0, 0.1) is 11.6 Å². The number of ether oxygens (including phenoxy) is 1. The summed E-state index contributed by atoms with van der Waals surface area (Å²) in [4.78, 5) is 0. The van der Waals surface area contributed by atoms with E-state index >= 15 is 0 Å². The average molecular weight is 286 g/mol. The van der Waals surface area contributed by atoms with Gasteiger partial charge in [0.05, 0.1) is 0 Å². The van der Waals surface area contributed by atoms with Crippen LogP contribution in [0.1, 0.15) is 5.56 Å². The summed E-state index contributed by atoms with van der Waals surface area (Å²) < 4.78 is 32.1. The molecule has 106 valence electrons. The molecular formula is C17H12F2O2. The van der Waals surface area contributed by atoms with Crippen LogP contribution in [0.5, 0.6) is 11.5 Å². The molecule has 0 unspecified atom stereocenters. The van der Waals surface area contributed by atoms with E-state index in [-0.39, 0.29) is 17.9 Å². The molecule has 0 bridgehead atoms. The third kappa shape index (κ3) is 2.79. The lowest BCUT2D eigenvalue weighted by Gasteiger charge is -2.08. The molecule has 0 atom stereocenters. The van der Waals surface area contributed by atoms with Crippen LogP contribution in [-0.4, -0.2) is 5.11 Å². The van der Waals surface area contributed by atoms with Crippen LogP contribution in [0.4, 0.5) is 8.78 Å². The number of phenolic OH excluding ortho intramolecular Hbond substituents is 1. The summed E-state index contributed by atoms with van der Waals surface area (Å²) in [7, 11) is 0. The van der Waals surface area contributed by atoms with Crippen molar-refractivity contribution in [3.05, 3.63) is 71.8 Å². The summed E-state index contributed by atoms with van der Waals surface area (Å²) in [6, 6.07) is 14.3. The van der Waals surface area contributed by atoms with Crippen LogP contribution in [0.25, 0.3) is 10.8 Å². The maximum atomic E-state index is 13.5. The lowest BCUT2D eigenvalue weighted by Crippen LogP contribution is -2.00. The topological polar surface area (TPSA) is 29.5 Å². The zero-order valence-corrected chi connectivity index (χ0v) is 11.0. The summed E-state index contributed by atoms with van der Waals surface area (Å²) in [5, 5.41) is 11.2. The maximum Gasteiger partial charge on any atom is 0.165 e. The Labute approximate surface area is 120 Å². The fraction of sp³-hybridized carbons (Fsp3) is 0.0588. The number of hydrogen-bond donors (Lipinski definition) is 1. The van der Waals surface area contributed by atoms with E-state index in [2.05, 4.69) is 0 Å². The summed E-state index contributed by atoms with van der Waals surface area (Å²) in [6.07, 6.45) is 0. The van der Waals surface area contributed by atoms with Gasteiger partial charge in [-0.05, 0) is 41.1 Å². The first-order chi connectivity index (χ1) is 10.1. The van der Waals surface area contributed by atoms with Gasteiger partial charge in [-0.3, -0.25) is 0 Å². The van der Waals surface area contributed by atoms with Gasteiger partial charge in [0.25, 0.3) is 0 Å². The molecule has 3 rings (SSSR count). The summed E-state index contributed by atoms with van der Waals surface area (Å²) in [5.74, 6) is -1.09. The number of benzene rings is 3. The van der Waals surface area contributed by atoms with E-state index in [1.54, 1.807) is 30.3 Å². The Morgan fingerprint density at radius 2 is 1.71 bits per heavy atom. The van der Waals surface area contributed by atoms with Crippen LogP contribution in [0.2, 0.25) is 0 Å². The number of phenols is 1. The van der Waals surface area contributed by atoms with Gasteiger partial charge in [0, 0.05) is 5.56 Å². The second-order valence-electron chi connectivity index (χ2n) is 4.69. The minimum Gasteiger partial charge on any atom is -0.508 e. The minimum atomic E-state index is -0.893. The Morgan fingerprint density at radius 1 is 0.905 bits per heavy atom.